The monoisotopic (exact) mass is 834 g/mol. The number of ketones is 1. The van der Waals surface area contributed by atoms with Gasteiger partial charge in [0.2, 0.25) is 0 Å². The molecule has 0 spiro atoms. The van der Waals surface area contributed by atoms with Crippen molar-refractivity contribution < 1.29 is 63.3 Å². The van der Waals surface area contributed by atoms with Crippen LogP contribution in [0.25, 0.3) is 10.8 Å². The molecule has 2 aromatic rings. The number of anilines is 1. The Morgan fingerprint density at radius 2 is 1.62 bits per heavy atom. The van der Waals surface area contributed by atoms with Crippen molar-refractivity contribution in [2.24, 2.45) is 23.7 Å². The summed E-state index contributed by atoms with van der Waals surface area (Å²) in [6.45, 7) is 19.7. The molecule has 0 aromatic heterocycles. The minimum Gasteiger partial charge on any atom is -0.507 e. The Balaban J connectivity index is 1.94. The highest BCUT2D eigenvalue weighted by Gasteiger charge is 2.49. The molecule has 15 heteroatoms. The molecule has 15 nitrogen and oxygen atoms in total. The average Bonchev–Trinajstić information content (AvgIpc) is 3.47. The van der Waals surface area contributed by atoms with E-state index in [0.717, 1.165) is 0 Å². The number of hydrogen-bond acceptors (Lipinski definition) is 13. The Morgan fingerprint density at radius 1 is 0.967 bits per heavy atom. The van der Waals surface area contributed by atoms with E-state index in [1.165, 1.54) is 76.3 Å². The number of methoxy groups -OCH3 is 1. The molecule has 0 fully saturated rings. The van der Waals surface area contributed by atoms with Crippen LogP contribution in [-0.2, 0) is 28.6 Å². The Kier molecular flexibility index (Phi) is 15.4. The molecule has 60 heavy (non-hydrogen) atoms. The highest BCUT2D eigenvalue weighted by atomic mass is 16.7. The van der Waals surface area contributed by atoms with Crippen LogP contribution in [0.5, 0.6) is 23.0 Å². The maximum atomic E-state index is 14.5. The van der Waals surface area contributed by atoms with Crippen LogP contribution in [0, 0.1) is 30.6 Å². The number of carbonyl (C=O) groups is 4. The number of aromatic hydroxyl groups is 2. The third kappa shape index (κ3) is 9.69. The van der Waals surface area contributed by atoms with Crippen molar-refractivity contribution in [2.75, 3.05) is 32.1 Å². The van der Waals surface area contributed by atoms with Crippen LogP contribution in [0.15, 0.2) is 67.5 Å². The summed E-state index contributed by atoms with van der Waals surface area (Å²) in [5.41, 5.74) is -0.0962. The van der Waals surface area contributed by atoms with E-state index in [1.54, 1.807) is 39.8 Å². The van der Waals surface area contributed by atoms with Gasteiger partial charge in [-0.05, 0) is 19.9 Å². The highest BCUT2D eigenvalue weighted by Crippen LogP contribution is 2.54. The molecule has 5 N–H and O–H groups in total. The maximum Gasteiger partial charge on any atom is 0.312 e. The Morgan fingerprint density at radius 3 is 2.22 bits per heavy atom. The number of benzene rings is 2. The second kappa shape index (κ2) is 19.6. The van der Waals surface area contributed by atoms with Crippen LogP contribution in [-0.4, -0.2) is 106 Å². The predicted molar refractivity (Wildman–Crippen MR) is 225 cm³/mol. The van der Waals surface area contributed by atoms with E-state index >= 15 is 0 Å². The minimum absolute atomic E-state index is 0.0588. The summed E-state index contributed by atoms with van der Waals surface area (Å²) in [4.78, 5) is 55.1. The van der Waals surface area contributed by atoms with E-state index in [4.69, 9.17) is 23.7 Å². The molecule has 0 unspecified atom stereocenters. The maximum absolute atomic E-state index is 14.5. The number of esters is 1. The molecule has 0 radical (unpaired) electrons. The number of aliphatic hydroxyl groups is 2. The van der Waals surface area contributed by atoms with Crippen molar-refractivity contribution in [1.82, 2.24) is 4.90 Å². The Labute approximate surface area is 350 Å². The Bertz CT molecular complexity index is 2080. The number of fused-ring (bicyclic) bond motifs is 14. The van der Waals surface area contributed by atoms with Gasteiger partial charge in [-0.25, -0.2) is 0 Å². The van der Waals surface area contributed by atoms with Gasteiger partial charge in [0.15, 0.2) is 12.4 Å². The number of Topliss-reactive ketones (excluding diaryl/α,β-unsaturated/α-hetero) is 1. The number of aliphatic hydroxyl groups excluding tert-OH is 2. The molecule has 326 valence electrons. The molecule has 3 heterocycles. The van der Waals surface area contributed by atoms with Gasteiger partial charge in [0, 0.05) is 80.3 Å². The summed E-state index contributed by atoms with van der Waals surface area (Å²) in [5, 5.41) is 48.4. The number of carbonyl (C=O) groups excluding carboxylic acids is 4. The minimum atomic E-state index is -2.05. The standard InChI is InChI=1S/C45H58N2O13/c1-12-18-47(19-13-2)33(49)22-57-32-21-30-40(53)35-34(32)36-42(28(8)39(35)52)60-45(10,43(36)54)58-20-17-31(56-11)25(5)41(59-29(9)48)27(7)38(51)26(6)37(50)23(3)15-14-16-24(4)44(55)46-30/h12-17,20-21,23,25-27,31,37-38,41,50-53H,1-2,18-19,22H2,3-11H3,(H,46,55)/b15-14+,20-17+,24-16-/t23-,25+,26+,27+,31-,37-,38+,41+,45-/m0/s1. The van der Waals surface area contributed by atoms with E-state index in [9.17, 15) is 39.6 Å². The van der Waals surface area contributed by atoms with Gasteiger partial charge in [-0.2, -0.15) is 0 Å². The topological polar surface area (TPSA) is 211 Å². The SMILES string of the molecule is C=CCN(CC=C)C(=O)COc1cc2c(O)c3c(O)c(C)c4c(c13)C(=O)[C@@](C)(O/C=C/[C@H](OC)[C@@H](C)[C@@H](OC(C)=O)[C@H](C)[C@H](O)[C@H](C)[C@@H](O)[C@@H](C)/C=C/C=C(/C)C(=O)N2)O4. The lowest BCUT2D eigenvalue weighted by atomic mass is 9.78. The fourth-order valence-corrected chi connectivity index (χ4v) is 7.57. The summed E-state index contributed by atoms with van der Waals surface area (Å²) in [6.07, 6.45) is 6.58. The van der Waals surface area contributed by atoms with Crippen LogP contribution in [0.1, 0.15) is 64.4 Å². The summed E-state index contributed by atoms with van der Waals surface area (Å²) < 4.78 is 29.7. The first kappa shape index (κ1) is 47.0. The van der Waals surface area contributed by atoms with Gasteiger partial charge in [-0.3, -0.25) is 19.2 Å². The predicted octanol–water partition coefficient (Wildman–Crippen LogP) is 5.63. The largest absolute Gasteiger partial charge is 0.507 e. The molecule has 5 rings (SSSR count). The number of phenols is 2. The number of ether oxygens (including phenoxy) is 5. The lowest BCUT2D eigenvalue weighted by Gasteiger charge is -2.38. The molecule has 9 atom stereocenters. The molecule has 2 amide bonds. The van der Waals surface area contributed by atoms with Gasteiger partial charge >= 0.3 is 11.8 Å². The molecular formula is C45H58N2O13. The summed E-state index contributed by atoms with van der Waals surface area (Å²) in [7, 11) is 1.43. The molecule has 3 aliphatic heterocycles. The van der Waals surface area contributed by atoms with Gasteiger partial charge in [-0.1, -0.05) is 58.1 Å². The first-order chi connectivity index (χ1) is 28.2. The van der Waals surface area contributed by atoms with Crippen LogP contribution >= 0.6 is 0 Å². The van der Waals surface area contributed by atoms with Crippen molar-refractivity contribution in [3.63, 3.8) is 0 Å². The Hall–Kier alpha value is -5.64. The van der Waals surface area contributed by atoms with Gasteiger partial charge < -0.3 is 54.3 Å². The summed E-state index contributed by atoms with van der Waals surface area (Å²) >= 11 is 0. The quantitative estimate of drug-likeness (QED) is 0.118. The van der Waals surface area contributed by atoms with E-state index in [2.05, 4.69) is 18.5 Å². The zero-order valence-electron chi connectivity index (χ0n) is 35.7. The van der Waals surface area contributed by atoms with Gasteiger partial charge in [0.05, 0.1) is 41.2 Å². The second-order valence-electron chi connectivity index (χ2n) is 15.6. The van der Waals surface area contributed by atoms with Crippen molar-refractivity contribution in [1.29, 1.82) is 0 Å². The van der Waals surface area contributed by atoms with Crippen molar-refractivity contribution in [3.05, 3.63) is 78.6 Å². The van der Waals surface area contributed by atoms with Crippen LogP contribution in [0.3, 0.4) is 0 Å². The number of hydrogen-bond donors (Lipinski definition) is 5. The van der Waals surface area contributed by atoms with Gasteiger partial charge in [0.1, 0.15) is 23.4 Å². The molecule has 0 aliphatic carbocycles. The first-order valence-corrected chi connectivity index (χ1v) is 19.7. The fraction of sp³-hybridized carbons (Fsp3) is 0.467. The smallest absolute Gasteiger partial charge is 0.312 e. The zero-order chi connectivity index (χ0) is 44.8. The number of allylic oxidation sites excluding steroid dienone is 2. The number of nitrogens with zero attached hydrogens (tertiary/aromatic N) is 1. The number of rotatable bonds is 9. The normalized spacial score (nSPS) is 29.4. The zero-order valence-corrected chi connectivity index (χ0v) is 35.7. The van der Waals surface area contributed by atoms with Crippen LogP contribution in [0.4, 0.5) is 5.69 Å². The third-order valence-corrected chi connectivity index (χ3v) is 11.2. The summed E-state index contributed by atoms with van der Waals surface area (Å²) in [5.74, 6) is -8.34. The summed E-state index contributed by atoms with van der Waals surface area (Å²) in [6, 6.07) is 1.24. The highest BCUT2D eigenvalue weighted by molar-refractivity contribution is 6.21. The number of nitrogens with one attached hydrogen (secondary N) is 1. The van der Waals surface area contributed by atoms with Crippen molar-refractivity contribution >= 4 is 40.0 Å². The van der Waals surface area contributed by atoms with E-state index < -0.39 is 95.5 Å². The number of amides is 2. The lowest BCUT2D eigenvalue weighted by molar-refractivity contribution is -0.160. The molecule has 3 aliphatic rings. The molecule has 0 saturated heterocycles. The first-order valence-electron chi connectivity index (χ1n) is 19.7. The fourth-order valence-electron chi connectivity index (χ4n) is 7.57. The molecular weight excluding hydrogens is 776 g/mol. The van der Waals surface area contributed by atoms with Gasteiger partial charge in [-0.15, -0.1) is 13.2 Å². The van der Waals surface area contributed by atoms with Crippen LogP contribution in [0.2, 0.25) is 0 Å². The third-order valence-electron chi connectivity index (χ3n) is 11.2. The molecule has 0 saturated carbocycles. The van der Waals surface area contributed by atoms with E-state index in [0.29, 0.717) is 0 Å². The number of phenolic OH excluding ortho intramolecular Hbond substituents is 2. The van der Waals surface area contributed by atoms with E-state index in [1.807, 2.05) is 0 Å². The van der Waals surface area contributed by atoms with Crippen molar-refractivity contribution in [2.45, 2.75) is 85.6 Å². The van der Waals surface area contributed by atoms with Gasteiger partial charge in [0.25, 0.3) is 17.6 Å². The van der Waals surface area contributed by atoms with Crippen LogP contribution < -0.4 is 14.8 Å². The lowest BCUT2D eigenvalue weighted by Crippen LogP contribution is -2.46. The average molecular weight is 835 g/mol. The molecule has 2 aromatic carbocycles. The second-order valence-corrected chi connectivity index (χ2v) is 15.6. The molecule has 5 bridgehead atoms. The van der Waals surface area contributed by atoms with Crippen molar-refractivity contribution in [3.8, 4) is 23.0 Å². The van der Waals surface area contributed by atoms with E-state index in [-0.39, 0.29) is 57.7 Å².